The summed E-state index contributed by atoms with van der Waals surface area (Å²) in [4.78, 5) is 8.54. The van der Waals surface area contributed by atoms with Crippen molar-refractivity contribution in [1.29, 1.82) is 0 Å². The molecule has 0 aliphatic carbocycles. The van der Waals surface area contributed by atoms with Crippen molar-refractivity contribution in [3.63, 3.8) is 0 Å². The van der Waals surface area contributed by atoms with Crippen molar-refractivity contribution in [3.8, 4) is 5.75 Å². The van der Waals surface area contributed by atoms with E-state index in [0.717, 1.165) is 21.3 Å². The number of aromatic nitrogens is 2. The van der Waals surface area contributed by atoms with Crippen molar-refractivity contribution < 1.29 is 4.74 Å². The van der Waals surface area contributed by atoms with Crippen LogP contribution in [0.1, 0.15) is 13.8 Å². The van der Waals surface area contributed by atoms with Crippen molar-refractivity contribution in [1.82, 2.24) is 9.97 Å². The minimum atomic E-state index is 0.140. The van der Waals surface area contributed by atoms with E-state index < -0.39 is 0 Å². The number of ether oxygens (including phenoxy) is 1. The van der Waals surface area contributed by atoms with Crippen LogP contribution in [0.2, 0.25) is 0 Å². The highest BCUT2D eigenvalue weighted by Gasteiger charge is 2.06. The van der Waals surface area contributed by atoms with Crippen LogP contribution in [0, 0.1) is 0 Å². The largest absolute Gasteiger partial charge is 0.489 e. The Morgan fingerprint density at radius 3 is 2.87 bits per heavy atom. The third-order valence-corrected chi connectivity index (χ3v) is 2.30. The number of pyridine rings is 2. The molecule has 2 heterocycles. The number of nitrogens with zero attached hydrogens (tertiary/aromatic N) is 2. The maximum absolute atomic E-state index is 5.65. The van der Waals surface area contributed by atoms with E-state index in [4.69, 9.17) is 4.74 Å². The van der Waals surface area contributed by atoms with Gasteiger partial charge in [0.1, 0.15) is 11.3 Å². The summed E-state index contributed by atoms with van der Waals surface area (Å²) < 4.78 is 6.57. The second kappa shape index (κ2) is 4.14. The number of halogens is 1. The Bertz CT molecular complexity index is 485. The molecule has 2 aromatic rings. The van der Waals surface area contributed by atoms with Crippen molar-refractivity contribution in [2.45, 2.75) is 20.0 Å². The molecule has 0 saturated carbocycles. The molecule has 3 nitrogen and oxygen atoms in total. The molecule has 0 aliphatic heterocycles. The van der Waals surface area contributed by atoms with Gasteiger partial charge < -0.3 is 4.74 Å². The Morgan fingerprint density at radius 1 is 1.33 bits per heavy atom. The summed E-state index contributed by atoms with van der Waals surface area (Å²) in [6.07, 6.45) is 3.62. The van der Waals surface area contributed by atoms with Gasteiger partial charge in [0.15, 0.2) is 0 Å². The molecule has 4 heteroatoms. The zero-order chi connectivity index (χ0) is 10.8. The first-order valence-electron chi connectivity index (χ1n) is 4.74. The molecule has 0 N–H and O–H groups in total. The molecule has 0 atom stereocenters. The zero-order valence-electron chi connectivity index (χ0n) is 8.57. The molecular formula is C11H11BrN2O. The first kappa shape index (κ1) is 10.4. The number of fused-ring (bicyclic) bond motifs is 1. The summed E-state index contributed by atoms with van der Waals surface area (Å²) in [7, 11) is 0. The molecule has 0 amide bonds. The predicted octanol–water partition coefficient (Wildman–Crippen LogP) is 3.18. The average Bonchev–Trinajstić information content (AvgIpc) is 2.16. The minimum Gasteiger partial charge on any atom is -0.489 e. The summed E-state index contributed by atoms with van der Waals surface area (Å²) >= 11 is 3.36. The summed E-state index contributed by atoms with van der Waals surface area (Å²) in [5, 5.41) is 0. The van der Waals surface area contributed by atoms with Gasteiger partial charge in [0, 0.05) is 22.9 Å². The summed E-state index contributed by atoms with van der Waals surface area (Å²) in [6, 6.07) is 3.76. The molecule has 78 valence electrons. The third kappa shape index (κ3) is 2.26. The van der Waals surface area contributed by atoms with E-state index in [1.165, 1.54) is 0 Å². The smallest absolute Gasteiger partial charge is 0.149 e. The van der Waals surface area contributed by atoms with E-state index in [9.17, 15) is 0 Å². The van der Waals surface area contributed by atoms with Crippen molar-refractivity contribution >= 4 is 27.0 Å². The van der Waals surface area contributed by atoms with Crippen molar-refractivity contribution in [2.75, 3.05) is 0 Å². The highest BCUT2D eigenvalue weighted by atomic mass is 79.9. The number of hydrogen-bond donors (Lipinski definition) is 0. The lowest BCUT2D eigenvalue weighted by atomic mass is 10.3. The predicted molar refractivity (Wildman–Crippen MR) is 63.0 cm³/mol. The van der Waals surface area contributed by atoms with Crippen molar-refractivity contribution in [3.05, 3.63) is 29.0 Å². The van der Waals surface area contributed by atoms with Crippen LogP contribution >= 0.6 is 15.9 Å². The van der Waals surface area contributed by atoms with Crippen molar-refractivity contribution in [2.24, 2.45) is 0 Å². The van der Waals surface area contributed by atoms with Gasteiger partial charge in [-0.2, -0.15) is 0 Å². The van der Waals surface area contributed by atoms with Crippen LogP contribution in [0.5, 0.6) is 5.75 Å². The molecule has 0 aromatic carbocycles. The highest BCUT2D eigenvalue weighted by molar-refractivity contribution is 9.10. The lowest BCUT2D eigenvalue weighted by Gasteiger charge is -2.10. The number of rotatable bonds is 2. The van der Waals surface area contributed by atoms with Crippen LogP contribution in [0.25, 0.3) is 11.0 Å². The summed E-state index contributed by atoms with van der Waals surface area (Å²) in [5.41, 5.74) is 1.64. The normalized spacial score (nSPS) is 10.9. The third-order valence-electron chi connectivity index (χ3n) is 1.87. The fraction of sp³-hybridized carbons (Fsp3) is 0.273. The molecule has 0 bridgehead atoms. The molecule has 0 aliphatic rings. The van der Waals surface area contributed by atoms with Gasteiger partial charge in [-0.3, -0.25) is 4.98 Å². The van der Waals surface area contributed by atoms with Gasteiger partial charge in [-0.25, -0.2) is 4.98 Å². The van der Waals surface area contributed by atoms with E-state index in [-0.39, 0.29) is 6.10 Å². The summed E-state index contributed by atoms with van der Waals surface area (Å²) in [5.74, 6) is 0.780. The molecule has 15 heavy (non-hydrogen) atoms. The highest BCUT2D eigenvalue weighted by Crippen LogP contribution is 2.24. The molecule has 0 fully saturated rings. The lowest BCUT2D eigenvalue weighted by molar-refractivity contribution is 0.245. The fourth-order valence-electron chi connectivity index (χ4n) is 1.33. The van der Waals surface area contributed by atoms with Crippen LogP contribution in [0.4, 0.5) is 0 Å². The van der Waals surface area contributed by atoms with Gasteiger partial charge in [0.05, 0.1) is 11.6 Å². The minimum absolute atomic E-state index is 0.140. The van der Waals surface area contributed by atoms with Gasteiger partial charge in [-0.1, -0.05) is 0 Å². The Kier molecular flexibility index (Phi) is 2.86. The van der Waals surface area contributed by atoms with E-state index in [2.05, 4.69) is 25.9 Å². The topological polar surface area (TPSA) is 35.0 Å². The maximum Gasteiger partial charge on any atom is 0.149 e. The maximum atomic E-state index is 5.65. The molecule has 2 aromatic heterocycles. The van der Waals surface area contributed by atoms with Crippen LogP contribution < -0.4 is 4.74 Å². The Labute approximate surface area is 96.6 Å². The van der Waals surface area contributed by atoms with Crippen LogP contribution in [0.15, 0.2) is 29.0 Å². The first-order chi connectivity index (χ1) is 7.16. The average molecular weight is 267 g/mol. The van der Waals surface area contributed by atoms with Gasteiger partial charge in [-0.15, -0.1) is 0 Å². The van der Waals surface area contributed by atoms with Gasteiger partial charge in [0.2, 0.25) is 0 Å². The molecular weight excluding hydrogens is 256 g/mol. The molecule has 2 rings (SSSR count). The molecule has 0 unspecified atom stereocenters. The summed E-state index contributed by atoms with van der Waals surface area (Å²) in [6.45, 7) is 3.98. The zero-order valence-corrected chi connectivity index (χ0v) is 10.2. The second-order valence-corrected chi connectivity index (χ2v) is 4.41. The molecule has 0 saturated heterocycles. The van der Waals surface area contributed by atoms with Crippen LogP contribution in [-0.4, -0.2) is 16.1 Å². The van der Waals surface area contributed by atoms with Gasteiger partial charge >= 0.3 is 0 Å². The van der Waals surface area contributed by atoms with E-state index >= 15 is 0 Å². The Hall–Kier alpha value is -1.16. The van der Waals surface area contributed by atoms with E-state index in [1.54, 1.807) is 12.4 Å². The van der Waals surface area contributed by atoms with E-state index in [1.807, 2.05) is 26.0 Å². The molecule has 0 spiro atoms. The standard InChI is InChI=1S/C11H11BrN2O/c1-7(2)15-10-3-4-13-9-5-8(12)6-14-11(9)10/h3-7H,1-2H3. The van der Waals surface area contributed by atoms with Crippen LogP contribution in [-0.2, 0) is 0 Å². The number of hydrogen-bond acceptors (Lipinski definition) is 3. The van der Waals surface area contributed by atoms with E-state index in [0.29, 0.717) is 0 Å². The van der Waals surface area contributed by atoms with Gasteiger partial charge in [-0.05, 0) is 35.8 Å². The van der Waals surface area contributed by atoms with Gasteiger partial charge in [0.25, 0.3) is 0 Å². The Morgan fingerprint density at radius 2 is 2.13 bits per heavy atom. The monoisotopic (exact) mass is 266 g/mol. The lowest BCUT2D eigenvalue weighted by Crippen LogP contribution is -2.06. The second-order valence-electron chi connectivity index (χ2n) is 3.50. The van der Waals surface area contributed by atoms with Crippen LogP contribution in [0.3, 0.4) is 0 Å². The Balaban J connectivity index is 2.56. The first-order valence-corrected chi connectivity index (χ1v) is 5.53. The quantitative estimate of drug-likeness (QED) is 0.838. The SMILES string of the molecule is CC(C)Oc1ccnc2cc(Br)cnc12. The fourth-order valence-corrected chi connectivity index (χ4v) is 1.65. The molecule has 0 radical (unpaired) electrons.